The van der Waals surface area contributed by atoms with Crippen LogP contribution in [0.25, 0.3) is 0 Å². The second-order valence-corrected chi connectivity index (χ2v) is 9.37. The van der Waals surface area contributed by atoms with Crippen molar-refractivity contribution in [2.24, 2.45) is 5.92 Å². The number of Topliss-reactive ketones (excluding diaryl/α,β-unsaturated/α-hetero) is 2. The predicted octanol–water partition coefficient (Wildman–Crippen LogP) is 4.31. The molecule has 0 aliphatic carbocycles. The summed E-state index contributed by atoms with van der Waals surface area (Å²) in [6.07, 6.45) is -0.149. The van der Waals surface area contributed by atoms with E-state index in [1.165, 1.54) is 14.0 Å². The average molecular weight is 459 g/mol. The van der Waals surface area contributed by atoms with Crippen LogP contribution in [0.5, 0.6) is 34.5 Å². The molecule has 0 spiro atoms. The van der Waals surface area contributed by atoms with Crippen LogP contribution in [0, 0.1) is 19.8 Å². The summed E-state index contributed by atoms with van der Waals surface area (Å²) in [6.45, 7) is 9.74. The molecule has 8 nitrogen and oxygen atoms in total. The van der Waals surface area contributed by atoms with Gasteiger partial charge in [0.2, 0.25) is 0 Å². The molecule has 0 saturated heterocycles. The van der Waals surface area contributed by atoms with Crippen molar-refractivity contribution in [1.29, 1.82) is 0 Å². The van der Waals surface area contributed by atoms with Crippen molar-refractivity contribution >= 4 is 11.6 Å². The van der Waals surface area contributed by atoms with Crippen molar-refractivity contribution in [2.75, 3.05) is 7.11 Å². The zero-order valence-electron chi connectivity index (χ0n) is 19.9. The fourth-order valence-corrected chi connectivity index (χ4v) is 4.25. The topological polar surface area (TPSA) is 134 Å². The molecular weight excluding hydrogens is 428 g/mol. The van der Waals surface area contributed by atoms with Gasteiger partial charge in [-0.15, -0.1) is 0 Å². The molecule has 1 heterocycles. The molecule has 0 fully saturated rings. The molecule has 0 radical (unpaired) electrons. The number of carbonyl (C=O) groups is 2. The lowest BCUT2D eigenvalue weighted by atomic mass is 9.86. The van der Waals surface area contributed by atoms with Gasteiger partial charge >= 0.3 is 0 Å². The molecule has 0 aromatic heterocycles. The first-order valence-corrected chi connectivity index (χ1v) is 10.7. The summed E-state index contributed by atoms with van der Waals surface area (Å²) in [4.78, 5) is 25.6. The lowest BCUT2D eigenvalue weighted by Crippen LogP contribution is -2.36. The highest BCUT2D eigenvalue weighted by atomic mass is 16.5. The normalized spacial score (nSPS) is 14.7. The van der Waals surface area contributed by atoms with E-state index in [-0.39, 0.29) is 80.8 Å². The molecule has 2 aromatic rings. The number of ketones is 2. The maximum Gasteiger partial charge on any atom is 0.174 e. The van der Waals surface area contributed by atoms with E-state index in [9.17, 15) is 30.0 Å². The third kappa shape index (κ3) is 3.83. The van der Waals surface area contributed by atoms with Gasteiger partial charge in [-0.2, -0.15) is 0 Å². The number of aromatic hydroxyl groups is 4. The molecule has 33 heavy (non-hydrogen) atoms. The van der Waals surface area contributed by atoms with Crippen LogP contribution in [0.4, 0.5) is 0 Å². The lowest BCUT2D eigenvalue weighted by Gasteiger charge is -2.34. The van der Waals surface area contributed by atoms with Crippen LogP contribution in [0.15, 0.2) is 0 Å². The molecule has 4 N–H and O–H groups in total. The Morgan fingerprint density at radius 2 is 1.61 bits per heavy atom. The minimum atomic E-state index is -0.886. The maximum atomic E-state index is 12.8. The first kappa shape index (κ1) is 24.2. The van der Waals surface area contributed by atoms with Gasteiger partial charge in [-0.05, 0) is 27.7 Å². The standard InChI is InChI=1S/C25H30O8/c1-10(2)18(27)17-21(30)12(4)23(32-7)14(22(17)31)8-13-19(28)11(3)20(29)16-15(26)9-25(5,6)33-24(13)16/h10,28-31H,8-9H2,1-7H3. The van der Waals surface area contributed by atoms with Gasteiger partial charge in [0.15, 0.2) is 11.6 Å². The Morgan fingerprint density at radius 3 is 2.15 bits per heavy atom. The predicted molar refractivity (Wildman–Crippen MR) is 121 cm³/mol. The van der Waals surface area contributed by atoms with Gasteiger partial charge in [0, 0.05) is 34.6 Å². The molecule has 178 valence electrons. The number of ether oxygens (including phenoxy) is 2. The van der Waals surface area contributed by atoms with Crippen molar-refractivity contribution in [3.05, 3.63) is 33.4 Å². The van der Waals surface area contributed by atoms with E-state index in [1.54, 1.807) is 34.6 Å². The van der Waals surface area contributed by atoms with Gasteiger partial charge in [0.25, 0.3) is 0 Å². The van der Waals surface area contributed by atoms with E-state index in [4.69, 9.17) is 9.47 Å². The van der Waals surface area contributed by atoms with E-state index in [2.05, 4.69) is 0 Å². The Hall–Kier alpha value is -3.42. The van der Waals surface area contributed by atoms with Gasteiger partial charge in [0.05, 0.1) is 13.5 Å². The number of phenolic OH excluding ortho intramolecular Hbond substituents is 4. The fourth-order valence-electron chi connectivity index (χ4n) is 4.25. The maximum absolute atomic E-state index is 12.8. The molecule has 0 atom stereocenters. The van der Waals surface area contributed by atoms with Crippen LogP contribution in [0.1, 0.15) is 77.1 Å². The smallest absolute Gasteiger partial charge is 0.174 e. The van der Waals surface area contributed by atoms with Crippen LogP contribution >= 0.6 is 0 Å². The van der Waals surface area contributed by atoms with Crippen LogP contribution in [0.3, 0.4) is 0 Å². The summed E-state index contributed by atoms with van der Waals surface area (Å²) in [5, 5.41) is 43.1. The Balaban J connectivity index is 2.35. The summed E-state index contributed by atoms with van der Waals surface area (Å²) >= 11 is 0. The summed E-state index contributed by atoms with van der Waals surface area (Å²) in [7, 11) is 1.36. The first-order valence-electron chi connectivity index (χ1n) is 10.7. The highest BCUT2D eigenvalue weighted by Gasteiger charge is 2.39. The van der Waals surface area contributed by atoms with Crippen molar-refractivity contribution in [3.63, 3.8) is 0 Å². The molecule has 0 saturated carbocycles. The van der Waals surface area contributed by atoms with Crippen molar-refractivity contribution in [3.8, 4) is 34.5 Å². The van der Waals surface area contributed by atoms with Crippen molar-refractivity contribution in [1.82, 2.24) is 0 Å². The monoisotopic (exact) mass is 458 g/mol. The van der Waals surface area contributed by atoms with E-state index in [0.717, 1.165) is 0 Å². The molecular formula is C25H30O8. The second kappa shape index (κ2) is 8.17. The average Bonchev–Trinajstić information content (AvgIpc) is 2.71. The number of methoxy groups -OCH3 is 1. The Morgan fingerprint density at radius 1 is 1.00 bits per heavy atom. The molecule has 3 rings (SSSR count). The highest BCUT2D eigenvalue weighted by Crippen LogP contribution is 2.50. The van der Waals surface area contributed by atoms with Crippen LogP contribution < -0.4 is 9.47 Å². The molecule has 1 aliphatic rings. The minimum absolute atomic E-state index is 0.0146. The number of hydrogen-bond donors (Lipinski definition) is 4. The quantitative estimate of drug-likeness (QED) is 0.487. The van der Waals surface area contributed by atoms with Crippen molar-refractivity contribution in [2.45, 2.75) is 60.0 Å². The van der Waals surface area contributed by atoms with E-state index in [1.807, 2.05) is 0 Å². The second-order valence-electron chi connectivity index (χ2n) is 9.37. The van der Waals surface area contributed by atoms with Gasteiger partial charge in [0.1, 0.15) is 51.2 Å². The number of benzene rings is 2. The molecule has 0 bridgehead atoms. The third-order valence-electron chi connectivity index (χ3n) is 6.04. The highest BCUT2D eigenvalue weighted by molar-refractivity contribution is 6.05. The van der Waals surface area contributed by atoms with Gasteiger partial charge in [-0.3, -0.25) is 9.59 Å². The van der Waals surface area contributed by atoms with E-state index >= 15 is 0 Å². The van der Waals surface area contributed by atoms with Crippen LogP contribution in [0.2, 0.25) is 0 Å². The Bertz CT molecular complexity index is 1170. The number of rotatable bonds is 5. The fraction of sp³-hybridized carbons (Fsp3) is 0.440. The molecule has 8 heteroatoms. The van der Waals surface area contributed by atoms with Gasteiger partial charge < -0.3 is 29.9 Å². The molecule has 1 aliphatic heterocycles. The van der Waals surface area contributed by atoms with Crippen LogP contribution in [-0.2, 0) is 6.42 Å². The lowest BCUT2D eigenvalue weighted by molar-refractivity contribution is 0.0606. The summed E-state index contributed by atoms with van der Waals surface area (Å²) < 4.78 is 11.4. The number of fused-ring (bicyclic) bond motifs is 1. The molecule has 2 aromatic carbocycles. The summed E-state index contributed by atoms with van der Waals surface area (Å²) in [5.74, 6) is -2.68. The van der Waals surface area contributed by atoms with Gasteiger partial charge in [-0.25, -0.2) is 0 Å². The first-order chi connectivity index (χ1) is 15.2. The summed E-state index contributed by atoms with van der Waals surface area (Å²) in [6, 6.07) is 0. The zero-order valence-corrected chi connectivity index (χ0v) is 19.9. The third-order valence-corrected chi connectivity index (χ3v) is 6.04. The van der Waals surface area contributed by atoms with Crippen molar-refractivity contribution < 1.29 is 39.5 Å². The SMILES string of the molecule is COc1c(C)c(O)c(C(=O)C(C)C)c(O)c1Cc1c(O)c(C)c(O)c2c1OC(C)(C)CC2=O. The van der Waals surface area contributed by atoms with E-state index in [0.29, 0.717) is 0 Å². The van der Waals surface area contributed by atoms with E-state index < -0.39 is 23.1 Å². The number of carbonyl (C=O) groups excluding carboxylic acids is 2. The molecule has 0 amide bonds. The van der Waals surface area contributed by atoms with Gasteiger partial charge in [-0.1, -0.05) is 13.8 Å². The Kier molecular flexibility index (Phi) is 6.00. The largest absolute Gasteiger partial charge is 0.507 e. The Labute approximate surface area is 192 Å². The minimum Gasteiger partial charge on any atom is -0.507 e. The van der Waals surface area contributed by atoms with Crippen LogP contribution in [-0.4, -0.2) is 44.7 Å². The number of phenols is 4. The number of hydrogen-bond acceptors (Lipinski definition) is 8. The zero-order chi connectivity index (χ0) is 25.0. The molecule has 0 unspecified atom stereocenters. The summed E-state index contributed by atoms with van der Waals surface area (Å²) in [5.41, 5.74) is -0.528.